The van der Waals surface area contributed by atoms with Gasteiger partial charge >= 0.3 is 5.97 Å². The molecule has 1 saturated heterocycles. The molecule has 154 valence electrons. The predicted octanol–water partition coefficient (Wildman–Crippen LogP) is 6.55. The van der Waals surface area contributed by atoms with Gasteiger partial charge in [0.15, 0.2) is 0 Å². The van der Waals surface area contributed by atoms with Gasteiger partial charge in [-0.25, -0.2) is 0 Å². The number of benzene rings is 3. The lowest BCUT2D eigenvalue weighted by Gasteiger charge is -2.37. The van der Waals surface area contributed by atoms with Gasteiger partial charge in [0.25, 0.3) is 0 Å². The highest BCUT2D eigenvalue weighted by Gasteiger charge is 2.30. The molecule has 1 unspecified atom stereocenters. The number of carboxylic acids is 1. The molecule has 0 amide bonds. The van der Waals surface area contributed by atoms with Crippen LogP contribution in [0.4, 0.5) is 0 Å². The summed E-state index contributed by atoms with van der Waals surface area (Å²) in [4.78, 5) is 13.7. The van der Waals surface area contributed by atoms with Crippen LogP contribution in [0.2, 0.25) is 10.0 Å². The van der Waals surface area contributed by atoms with E-state index in [1.165, 1.54) is 5.56 Å². The molecule has 1 heterocycles. The highest BCUT2D eigenvalue weighted by Crippen LogP contribution is 2.36. The average Bonchev–Trinajstić information content (AvgIpc) is 2.78. The number of halogens is 2. The van der Waals surface area contributed by atoms with E-state index >= 15 is 0 Å². The van der Waals surface area contributed by atoms with Gasteiger partial charge < -0.3 is 5.11 Å². The second kappa shape index (κ2) is 9.22. The van der Waals surface area contributed by atoms with Crippen molar-refractivity contribution in [3.63, 3.8) is 0 Å². The van der Waals surface area contributed by atoms with Crippen LogP contribution in [0.1, 0.15) is 30.0 Å². The van der Waals surface area contributed by atoms with Crippen molar-refractivity contribution in [1.29, 1.82) is 0 Å². The molecule has 1 atom stereocenters. The predicted molar refractivity (Wildman–Crippen MR) is 122 cm³/mol. The van der Waals surface area contributed by atoms with Crippen molar-refractivity contribution in [2.75, 3.05) is 13.1 Å². The third-order valence-electron chi connectivity index (χ3n) is 5.84. The lowest BCUT2D eigenvalue weighted by molar-refractivity contribution is -0.143. The van der Waals surface area contributed by atoms with E-state index in [4.69, 9.17) is 23.2 Å². The molecule has 3 nitrogen and oxygen atoms in total. The Bertz CT molecular complexity index is 1010. The monoisotopic (exact) mass is 439 g/mol. The van der Waals surface area contributed by atoms with E-state index in [2.05, 4.69) is 41.3 Å². The van der Waals surface area contributed by atoms with Crippen LogP contribution in [-0.4, -0.2) is 29.1 Å². The largest absolute Gasteiger partial charge is 0.481 e. The van der Waals surface area contributed by atoms with Gasteiger partial charge in [0.2, 0.25) is 0 Å². The third kappa shape index (κ3) is 4.54. The molecule has 1 aliphatic rings. The van der Waals surface area contributed by atoms with Crippen molar-refractivity contribution in [2.45, 2.75) is 18.9 Å². The van der Waals surface area contributed by atoms with Gasteiger partial charge in [0.05, 0.1) is 22.0 Å². The normalized spacial score (nSPS) is 16.3. The number of likely N-dealkylation sites (tertiary alicyclic amines) is 1. The van der Waals surface area contributed by atoms with Crippen LogP contribution in [0.3, 0.4) is 0 Å². The summed E-state index contributed by atoms with van der Waals surface area (Å²) in [5.41, 5.74) is 4.56. The topological polar surface area (TPSA) is 40.5 Å². The average molecular weight is 440 g/mol. The zero-order valence-corrected chi connectivity index (χ0v) is 18.0. The maximum absolute atomic E-state index is 11.4. The summed E-state index contributed by atoms with van der Waals surface area (Å²) in [6.07, 6.45) is 1.30. The van der Waals surface area contributed by atoms with Crippen LogP contribution >= 0.6 is 23.2 Å². The van der Waals surface area contributed by atoms with Crippen LogP contribution in [0.25, 0.3) is 11.1 Å². The van der Waals surface area contributed by atoms with E-state index < -0.39 is 5.97 Å². The molecule has 0 bridgehead atoms. The number of hydrogen-bond donors (Lipinski definition) is 1. The minimum absolute atomic E-state index is 0.000616. The Morgan fingerprint density at radius 3 is 2.03 bits per heavy atom. The van der Waals surface area contributed by atoms with Crippen LogP contribution < -0.4 is 0 Å². The molecule has 3 aromatic carbocycles. The molecule has 30 heavy (non-hydrogen) atoms. The van der Waals surface area contributed by atoms with E-state index in [-0.39, 0.29) is 12.0 Å². The minimum atomic E-state index is -0.701. The quantitative estimate of drug-likeness (QED) is 0.489. The molecular formula is C25H23Cl2NO2. The van der Waals surface area contributed by atoms with Gasteiger partial charge in [-0.1, -0.05) is 83.9 Å². The van der Waals surface area contributed by atoms with Crippen LogP contribution in [-0.2, 0) is 4.79 Å². The van der Waals surface area contributed by atoms with E-state index in [0.29, 0.717) is 22.9 Å². The standard InChI is InChI=1S/C25H23Cl2NO2/c26-22-11-10-21(16-23(22)27)24(28-14-12-20(13-15-28)25(29)30)19-8-6-18(7-9-19)17-4-2-1-3-5-17/h1-11,16,20,24H,12-15H2,(H,29,30). The summed E-state index contributed by atoms with van der Waals surface area (Å²) >= 11 is 12.5. The Labute approximate surface area is 186 Å². The van der Waals surface area contributed by atoms with Gasteiger partial charge in [-0.3, -0.25) is 9.69 Å². The van der Waals surface area contributed by atoms with Crippen molar-refractivity contribution in [3.05, 3.63) is 94.0 Å². The molecule has 4 rings (SSSR count). The fourth-order valence-electron chi connectivity index (χ4n) is 4.19. The Kier molecular flexibility index (Phi) is 6.43. The van der Waals surface area contributed by atoms with E-state index in [1.54, 1.807) is 0 Å². The molecule has 0 spiro atoms. The van der Waals surface area contributed by atoms with Crippen molar-refractivity contribution < 1.29 is 9.90 Å². The third-order valence-corrected chi connectivity index (χ3v) is 6.58. The number of carbonyl (C=O) groups is 1. The number of piperidine rings is 1. The summed E-state index contributed by atoms with van der Waals surface area (Å²) < 4.78 is 0. The first-order chi connectivity index (χ1) is 14.5. The van der Waals surface area contributed by atoms with Gasteiger partial charge in [-0.05, 0) is 60.3 Å². The molecule has 5 heteroatoms. The smallest absolute Gasteiger partial charge is 0.306 e. The summed E-state index contributed by atoms with van der Waals surface area (Å²) in [5, 5.41) is 10.4. The maximum Gasteiger partial charge on any atom is 0.306 e. The number of aliphatic carboxylic acids is 1. The molecule has 1 N–H and O–H groups in total. The lowest BCUT2D eigenvalue weighted by Crippen LogP contribution is -2.39. The Hall–Kier alpha value is -2.33. The number of hydrogen-bond acceptors (Lipinski definition) is 2. The Morgan fingerprint density at radius 2 is 1.43 bits per heavy atom. The van der Waals surface area contributed by atoms with Crippen molar-refractivity contribution in [3.8, 4) is 11.1 Å². The fraction of sp³-hybridized carbons (Fsp3) is 0.240. The molecule has 0 saturated carbocycles. The van der Waals surface area contributed by atoms with Gasteiger partial charge in [-0.15, -0.1) is 0 Å². The summed E-state index contributed by atoms with van der Waals surface area (Å²) in [5.74, 6) is -0.968. The Balaban J connectivity index is 1.66. The minimum Gasteiger partial charge on any atom is -0.481 e. The summed E-state index contributed by atoms with van der Waals surface area (Å²) in [7, 11) is 0. The second-order valence-electron chi connectivity index (χ2n) is 7.71. The molecule has 0 aliphatic carbocycles. The summed E-state index contributed by atoms with van der Waals surface area (Å²) in [6.45, 7) is 1.45. The fourth-order valence-corrected chi connectivity index (χ4v) is 4.50. The summed E-state index contributed by atoms with van der Waals surface area (Å²) in [6, 6.07) is 24.6. The van der Waals surface area contributed by atoms with E-state index in [1.807, 2.05) is 36.4 Å². The molecule has 1 aliphatic heterocycles. The highest BCUT2D eigenvalue weighted by molar-refractivity contribution is 6.42. The zero-order chi connectivity index (χ0) is 21.1. The number of nitrogens with zero attached hydrogens (tertiary/aromatic N) is 1. The van der Waals surface area contributed by atoms with Crippen molar-refractivity contribution >= 4 is 29.2 Å². The van der Waals surface area contributed by atoms with Crippen LogP contribution in [0, 0.1) is 5.92 Å². The molecule has 0 radical (unpaired) electrons. The number of rotatable bonds is 5. The molecular weight excluding hydrogens is 417 g/mol. The first-order valence-corrected chi connectivity index (χ1v) is 10.9. The highest BCUT2D eigenvalue weighted by atomic mass is 35.5. The van der Waals surface area contributed by atoms with Gasteiger partial charge in [-0.2, -0.15) is 0 Å². The number of carboxylic acid groups (broad SMARTS) is 1. The van der Waals surface area contributed by atoms with Crippen LogP contribution in [0.5, 0.6) is 0 Å². The van der Waals surface area contributed by atoms with Crippen LogP contribution in [0.15, 0.2) is 72.8 Å². The van der Waals surface area contributed by atoms with E-state index in [0.717, 1.165) is 29.8 Å². The first kappa shape index (κ1) is 20.9. The van der Waals surface area contributed by atoms with Gasteiger partial charge in [0, 0.05) is 0 Å². The molecule has 1 fully saturated rings. The van der Waals surface area contributed by atoms with Gasteiger partial charge in [0.1, 0.15) is 0 Å². The van der Waals surface area contributed by atoms with Crippen molar-refractivity contribution in [1.82, 2.24) is 4.90 Å². The molecule has 3 aromatic rings. The first-order valence-electron chi connectivity index (χ1n) is 10.1. The lowest BCUT2D eigenvalue weighted by atomic mass is 9.90. The van der Waals surface area contributed by atoms with Crippen molar-refractivity contribution in [2.24, 2.45) is 5.92 Å². The zero-order valence-electron chi connectivity index (χ0n) is 16.5. The molecule has 0 aromatic heterocycles. The van der Waals surface area contributed by atoms with E-state index in [9.17, 15) is 9.90 Å². The SMILES string of the molecule is O=C(O)C1CCN(C(c2ccc(-c3ccccc3)cc2)c2ccc(Cl)c(Cl)c2)CC1. The maximum atomic E-state index is 11.4. The second-order valence-corrected chi connectivity index (χ2v) is 8.53. The Morgan fingerprint density at radius 1 is 0.833 bits per heavy atom.